The van der Waals surface area contributed by atoms with Crippen molar-refractivity contribution < 1.29 is 4.74 Å². The molecule has 0 amide bonds. The quantitative estimate of drug-likeness (QED) is 0.735. The summed E-state index contributed by atoms with van der Waals surface area (Å²) in [4.78, 5) is 0. The number of aryl methyl sites for hydroxylation is 1. The molecule has 1 unspecified atom stereocenters. The lowest BCUT2D eigenvalue weighted by Crippen LogP contribution is -2.06. The molecule has 0 heterocycles. The van der Waals surface area contributed by atoms with E-state index < -0.39 is 0 Å². The fraction of sp³-hybridized carbons (Fsp3) is 0.333. The lowest BCUT2D eigenvalue weighted by molar-refractivity contribution is 0.414. The maximum atomic E-state index is 5.30. The normalized spacial score (nSPS) is 12.0. The summed E-state index contributed by atoms with van der Waals surface area (Å²) in [6.07, 6.45) is 2.33. The van der Waals surface area contributed by atoms with Crippen LogP contribution < -0.4 is 10.1 Å². The molecule has 0 aliphatic carbocycles. The average Bonchev–Trinajstić information content (AvgIpc) is 2.47. The minimum Gasteiger partial charge on any atom is -0.497 e. The van der Waals surface area contributed by atoms with Gasteiger partial charge < -0.3 is 10.1 Å². The molecule has 0 aliphatic heterocycles. The van der Waals surface area contributed by atoms with Gasteiger partial charge in [0.15, 0.2) is 0 Å². The molecule has 0 saturated heterocycles. The molecule has 0 radical (unpaired) electrons. The highest BCUT2D eigenvalue weighted by atomic mass is 79.9. The molecular formula is C18H22BrNO. The lowest BCUT2D eigenvalue weighted by Gasteiger charge is -2.17. The Morgan fingerprint density at radius 2 is 1.86 bits per heavy atom. The molecule has 2 nitrogen and oxygen atoms in total. The summed E-state index contributed by atoms with van der Waals surface area (Å²) < 4.78 is 6.30. The first-order valence-electron chi connectivity index (χ1n) is 7.32. The van der Waals surface area contributed by atoms with Gasteiger partial charge in [-0.1, -0.05) is 53.5 Å². The SMILES string of the molecule is CCCc1ccc(C(C)Nc2cc(Br)cc(OC)c2)cc1. The van der Waals surface area contributed by atoms with E-state index in [0.717, 1.165) is 22.3 Å². The number of ether oxygens (including phenoxy) is 1. The second-order valence-corrected chi connectivity index (χ2v) is 6.15. The van der Waals surface area contributed by atoms with Gasteiger partial charge in [0.1, 0.15) is 5.75 Å². The molecule has 2 aromatic rings. The van der Waals surface area contributed by atoms with Gasteiger partial charge >= 0.3 is 0 Å². The van der Waals surface area contributed by atoms with Gasteiger partial charge in [-0.15, -0.1) is 0 Å². The van der Waals surface area contributed by atoms with Crippen LogP contribution in [0.1, 0.15) is 37.4 Å². The van der Waals surface area contributed by atoms with Gasteiger partial charge in [-0.25, -0.2) is 0 Å². The minimum absolute atomic E-state index is 0.250. The smallest absolute Gasteiger partial charge is 0.122 e. The molecule has 0 fully saturated rings. The van der Waals surface area contributed by atoms with E-state index in [0.29, 0.717) is 0 Å². The van der Waals surface area contributed by atoms with Crippen LogP contribution in [-0.4, -0.2) is 7.11 Å². The third-order valence-electron chi connectivity index (χ3n) is 3.51. The van der Waals surface area contributed by atoms with Crippen LogP contribution in [0, 0.1) is 0 Å². The summed E-state index contributed by atoms with van der Waals surface area (Å²) in [7, 11) is 1.68. The molecule has 2 rings (SSSR count). The van der Waals surface area contributed by atoms with E-state index in [1.807, 2.05) is 12.1 Å². The molecule has 1 atom stereocenters. The van der Waals surface area contributed by atoms with Crippen molar-refractivity contribution in [1.29, 1.82) is 0 Å². The van der Waals surface area contributed by atoms with Crippen molar-refractivity contribution in [2.24, 2.45) is 0 Å². The largest absolute Gasteiger partial charge is 0.497 e. The molecule has 0 saturated carbocycles. The van der Waals surface area contributed by atoms with E-state index in [4.69, 9.17) is 4.74 Å². The van der Waals surface area contributed by atoms with Gasteiger partial charge in [-0.3, -0.25) is 0 Å². The monoisotopic (exact) mass is 347 g/mol. The summed E-state index contributed by atoms with van der Waals surface area (Å²) in [6.45, 7) is 4.38. The van der Waals surface area contributed by atoms with Crippen molar-refractivity contribution in [2.75, 3.05) is 12.4 Å². The van der Waals surface area contributed by atoms with Crippen LogP contribution in [-0.2, 0) is 6.42 Å². The highest BCUT2D eigenvalue weighted by Gasteiger charge is 2.07. The van der Waals surface area contributed by atoms with Crippen LogP contribution >= 0.6 is 15.9 Å². The van der Waals surface area contributed by atoms with Gasteiger partial charge in [0, 0.05) is 22.3 Å². The van der Waals surface area contributed by atoms with E-state index in [1.165, 1.54) is 17.5 Å². The predicted molar refractivity (Wildman–Crippen MR) is 93.2 cm³/mol. The van der Waals surface area contributed by atoms with Crippen molar-refractivity contribution >= 4 is 21.6 Å². The maximum Gasteiger partial charge on any atom is 0.122 e. The van der Waals surface area contributed by atoms with Crippen LogP contribution in [0.4, 0.5) is 5.69 Å². The van der Waals surface area contributed by atoms with Crippen molar-refractivity contribution in [1.82, 2.24) is 0 Å². The van der Waals surface area contributed by atoms with Crippen molar-refractivity contribution in [2.45, 2.75) is 32.7 Å². The number of hydrogen-bond acceptors (Lipinski definition) is 2. The Kier molecular flexibility index (Phi) is 5.68. The zero-order chi connectivity index (χ0) is 15.2. The lowest BCUT2D eigenvalue weighted by atomic mass is 10.0. The molecule has 2 aromatic carbocycles. The third kappa shape index (κ3) is 4.50. The molecule has 1 N–H and O–H groups in total. The van der Waals surface area contributed by atoms with Crippen LogP contribution in [0.15, 0.2) is 46.9 Å². The number of hydrogen-bond donors (Lipinski definition) is 1. The molecular weight excluding hydrogens is 326 g/mol. The maximum absolute atomic E-state index is 5.30. The second-order valence-electron chi connectivity index (χ2n) is 5.24. The van der Waals surface area contributed by atoms with Crippen LogP contribution in [0.25, 0.3) is 0 Å². The first-order valence-corrected chi connectivity index (χ1v) is 8.11. The fourth-order valence-corrected chi connectivity index (χ4v) is 2.83. The third-order valence-corrected chi connectivity index (χ3v) is 3.97. The summed E-state index contributed by atoms with van der Waals surface area (Å²) in [5.41, 5.74) is 3.73. The van der Waals surface area contributed by atoms with E-state index in [1.54, 1.807) is 7.11 Å². The number of methoxy groups -OCH3 is 1. The van der Waals surface area contributed by atoms with E-state index >= 15 is 0 Å². The molecule has 0 bridgehead atoms. The number of anilines is 1. The second kappa shape index (κ2) is 7.51. The zero-order valence-corrected chi connectivity index (χ0v) is 14.4. The first kappa shape index (κ1) is 15.9. The van der Waals surface area contributed by atoms with Gasteiger partial charge in [0.25, 0.3) is 0 Å². The van der Waals surface area contributed by atoms with Gasteiger partial charge in [-0.2, -0.15) is 0 Å². The van der Waals surface area contributed by atoms with Gasteiger partial charge in [-0.05, 0) is 36.6 Å². The standard InChI is InChI=1S/C18H22BrNO/c1-4-5-14-6-8-15(9-7-14)13(2)20-17-10-16(19)11-18(12-17)21-3/h6-13,20H,4-5H2,1-3H3. The number of halogens is 1. The molecule has 0 aliphatic rings. The number of rotatable bonds is 6. The summed E-state index contributed by atoms with van der Waals surface area (Å²) in [6, 6.07) is 15.1. The molecule has 3 heteroatoms. The molecule has 21 heavy (non-hydrogen) atoms. The summed E-state index contributed by atoms with van der Waals surface area (Å²) in [5, 5.41) is 3.52. The van der Waals surface area contributed by atoms with Crippen LogP contribution in [0.5, 0.6) is 5.75 Å². The van der Waals surface area contributed by atoms with Crippen LogP contribution in [0.2, 0.25) is 0 Å². The topological polar surface area (TPSA) is 21.3 Å². The van der Waals surface area contributed by atoms with E-state index in [-0.39, 0.29) is 6.04 Å². The Hall–Kier alpha value is -1.48. The Morgan fingerprint density at radius 1 is 1.14 bits per heavy atom. The highest BCUT2D eigenvalue weighted by molar-refractivity contribution is 9.10. The first-order chi connectivity index (χ1) is 10.1. The highest BCUT2D eigenvalue weighted by Crippen LogP contribution is 2.27. The summed E-state index contributed by atoms with van der Waals surface area (Å²) >= 11 is 3.51. The minimum atomic E-state index is 0.250. The van der Waals surface area contributed by atoms with Crippen molar-refractivity contribution in [3.63, 3.8) is 0 Å². The van der Waals surface area contributed by atoms with E-state index in [9.17, 15) is 0 Å². The number of benzene rings is 2. The predicted octanol–water partition coefficient (Wildman–Crippen LogP) is 5.58. The fourth-order valence-electron chi connectivity index (χ4n) is 2.36. The summed E-state index contributed by atoms with van der Waals surface area (Å²) in [5.74, 6) is 0.845. The number of nitrogens with one attached hydrogen (secondary N) is 1. The Bertz CT molecular complexity index is 580. The average molecular weight is 348 g/mol. The van der Waals surface area contributed by atoms with Crippen molar-refractivity contribution in [3.05, 3.63) is 58.1 Å². The van der Waals surface area contributed by atoms with Gasteiger partial charge in [0.05, 0.1) is 7.11 Å². The van der Waals surface area contributed by atoms with E-state index in [2.05, 4.69) is 65.4 Å². The Balaban J connectivity index is 2.10. The van der Waals surface area contributed by atoms with Crippen LogP contribution in [0.3, 0.4) is 0 Å². The van der Waals surface area contributed by atoms with Gasteiger partial charge in [0.2, 0.25) is 0 Å². The van der Waals surface area contributed by atoms with Crippen molar-refractivity contribution in [3.8, 4) is 5.75 Å². The Labute approximate surface area is 135 Å². The molecule has 112 valence electrons. The Morgan fingerprint density at radius 3 is 2.48 bits per heavy atom. The molecule has 0 spiro atoms. The zero-order valence-electron chi connectivity index (χ0n) is 12.8. The molecule has 0 aromatic heterocycles.